The summed E-state index contributed by atoms with van der Waals surface area (Å²) >= 11 is 0. The van der Waals surface area contributed by atoms with E-state index >= 15 is 0 Å². The van der Waals surface area contributed by atoms with Gasteiger partial charge in [-0.25, -0.2) is 0 Å². The number of nitrogens with two attached hydrogens (primary N) is 1. The molecule has 3 N–H and O–H groups in total. The molecule has 1 aliphatic carbocycles. The lowest BCUT2D eigenvalue weighted by Gasteiger charge is -2.44. The van der Waals surface area contributed by atoms with E-state index in [-0.39, 0.29) is 18.7 Å². The van der Waals surface area contributed by atoms with Gasteiger partial charge in [0.1, 0.15) is 5.75 Å². The summed E-state index contributed by atoms with van der Waals surface area (Å²) in [5.74, 6) is 0.896. The maximum atomic E-state index is 9.20. The standard InChI is InChI=1S/C17H28N2O2/c1-13(18)17(15-9-3-4-10-16(15)21-2)19(11-6-12-20)14-7-5-8-14/h3-4,9-10,13-14,17,20H,5-8,11-12,18H2,1-2H3. The Morgan fingerprint density at radius 3 is 2.62 bits per heavy atom. The van der Waals surface area contributed by atoms with Crippen LogP contribution in [0.2, 0.25) is 0 Å². The molecular weight excluding hydrogens is 264 g/mol. The molecular formula is C17H28N2O2. The summed E-state index contributed by atoms with van der Waals surface area (Å²) in [4.78, 5) is 2.47. The summed E-state index contributed by atoms with van der Waals surface area (Å²) in [6.45, 7) is 3.16. The Morgan fingerprint density at radius 2 is 2.10 bits per heavy atom. The average Bonchev–Trinajstić information content (AvgIpc) is 2.43. The van der Waals surface area contributed by atoms with Gasteiger partial charge in [-0.05, 0) is 32.3 Å². The minimum absolute atomic E-state index is 0.0144. The van der Waals surface area contributed by atoms with Crippen molar-refractivity contribution < 1.29 is 9.84 Å². The summed E-state index contributed by atoms with van der Waals surface area (Å²) in [5, 5.41) is 9.20. The number of benzene rings is 1. The Morgan fingerprint density at radius 1 is 1.38 bits per heavy atom. The maximum Gasteiger partial charge on any atom is 0.123 e. The first-order valence-electron chi connectivity index (χ1n) is 7.94. The zero-order chi connectivity index (χ0) is 15.2. The van der Waals surface area contributed by atoms with Crippen LogP contribution in [0.4, 0.5) is 0 Å². The van der Waals surface area contributed by atoms with Crippen molar-refractivity contribution in [3.63, 3.8) is 0 Å². The molecule has 1 fully saturated rings. The number of nitrogens with zero attached hydrogens (tertiary/aromatic N) is 1. The van der Waals surface area contributed by atoms with E-state index in [2.05, 4.69) is 17.9 Å². The Labute approximate surface area is 127 Å². The van der Waals surface area contributed by atoms with Crippen LogP contribution >= 0.6 is 0 Å². The molecule has 0 heterocycles. The lowest BCUT2D eigenvalue weighted by Crippen LogP contribution is -2.48. The number of aliphatic hydroxyl groups is 1. The van der Waals surface area contributed by atoms with E-state index in [9.17, 15) is 5.11 Å². The van der Waals surface area contributed by atoms with Gasteiger partial charge in [0.25, 0.3) is 0 Å². The smallest absolute Gasteiger partial charge is 0.123 e. The molecule has 4 nitrogen and oxygen atoms in total. The van der Waals surface area contributed by atoms with E-state index in [1.54, 1.807) is 7.11 Å². The summed E-state index contributed by atoms with van der Waals surface area (Å²) in [7, 11) is 1.71. The summed E-state index contributed by atoms with van der Waals surface area (Å²) in [5.41, 5.74) is 7.47. The largest absolute Gasteiger partial charge is 0.496 e. The highest BCUT2D eigenvalue weighted by Gasteiger charge is 2.34. The molecule has 0 saturated heterocycles. The number of hydrogen-bond acceptors (Lipinski definition) is 4. The Kier molecular flexibility index (Phi) is 6.03. The van der Waals surface area contributed by atoms with Gasteiger partial charge in [-0.3, -0.25) is 4.90 Å². The Bertz CT molecular complexity index is 433. The lowest BCUT2D eigenvalue weighted by atomic mass is 9.87. The van der Waals surface area contributed by atoms with Crippen molar-refractivity contribution >= 4 is 0 Å². The molecule has 0 radical (unpaired) electrons. The molecule has 1 saturated carbocycles. The summed E-state index contributed by atoms with van der Waals surface area (Å²) in [6.07, 6.45) is 4.53. The number of rotatable bonds is 8. The molecule has 2 rings (SSSR count). The van der Waals surface area contributed by atoms with Gasteiger partial charge in [0.15, 0.2) is 0 Å². The number of para-hydroxylation sites is 1. The highest BCUT2D eigenvalue weighted by molar-refractivity contribution is 5.37. The molecule has 0 aromatic heterocycles. The molecule has 1 aliphatic rings. The van der Waals surface area contributed by atoms with Crippen molar-refractivity contribution in [2.75, 3.05) is 20.3 Å². The molecule has 1 aromatic carbocycles. The van der Waals surface area contributed by atoms with E-state index in [0.29, 0.717) is 6.04 Å². The minimum atomic E-state index is 0.0144. The highest BCUT2D eigenvalue weighted by Crippen LogP contribution is 2.37. The van der Waals surface area contributed by atoms with E-state index in [4.69, 9.17) is 10.5 Å². The van der Waals surface area contributed by atoms with Crippen LogP contribution in [0.5, 0.6) is 5.75 Å². The van der Waals surface area contributed by atoms with Crippen LogP contribution in [0.1, 0.15) is 44.2 Å². The molecule has 0 spiro atoms. The number of hydrogen-bond donors (Lipinski definition) is 2. The van der Waals surface area contributed by atoms with E-state index in [1.807, 2.05) is 18.2 Å². The first-order chi connectivity index (χ1) is 10.2. The second kappa shape index (κ2) is 7.78. The Hall–Kier alpha value is -1.10. The number of ether oxygens (including phenoxy) is 1. The first kappa shape index (κ1) is 16.3. The quantitative estimate of drug-likeness (QED) is 0.772. The second-order valence-electron chi connectivity index (χ2n) is 5.95. The SMILES string of the molecule is COc1ccccc1C(C(C)N)N(CCCO)C1CCC1. The van der Waals surface area contributed by atoms with Crippen LogP contribution in [0.3, 0.4) is 0 Å². The zero-order valence-corrected chi connectivity index (χ0v) is 13.2. The van der Waals surface area contributed by atoms with E-state index in [1.165, 1.54) is 19.3 Å². The molecule has 0 bridgehead atoms. The van der Waals surface area contributed by atoms with Crippen molar-refractivity contribution in [1.82, 2.24) is 4.90 Å². The van der Waals surface area contributed by atoms with Crippen molar-refractivity contribution in [2.45, 2.75) is 50.7 Å². The fraction of sp³-hybridized carbons (Fsp3) is 0.647. The number of aliphatic hydroxyl groups excluding tert-OH is 1. The van der Waals surface area contributed by atoms with Crippen molar-refractivity contribution in [2.24, 2.45) is 5.73 Å². The van der Waals surface area contributed by atoms with Crippen LogP contribution < -0.4 is 10.5 Å². The van der Waals surface area contributed by atoms with Gasteiger partial charge in [-0.15, -0.1) is 0 Å². The van der Waals surface area contributed by atoms with Gasteiger partial charge in [0.2, 0.25) is 0 Å². The molecule has 4 heteroatoms. The molecule has 2 unspecified atom stereocenters. The molecule has 1 aromatic rings. The van der Waals surface area contributed by atoms with Gasteiger partial charge >= 0.3 is 0 Å². The Balaban J connectivity index is 2.29. The fourth-order valence-electron chi connectivity index (χ4n) is 3.20. The molecule has 118 valence electrons. The first-order valence-corrected chi connectivity index (χ1v) is 7.94. The van der Waals surface area contributed by atoms with Gasteiger partial charge < -0.3 is 15.6 Å². The van der Waals surface area contributed by atoms with Crippen LogP contribution in [-0.4, -0.2) is 42.4 Å². The minimum Gasteiger partial charge on any atom is -0.496 e. The lowest BCUT2D eigenvalue weighted by molar-refractivity contribution is 0.0601. The van der Waals surface area contributed by atoms with Gasteiger partial charge in [0.05, 0.1) is 13.2 Å². The van der Waals surface area contributed by atoms with Gasteiger partial charge in [-0.1, -0.05) is 24.6 Å². The monoisotopic (exact) mass is 292 g/mol. The fourth-order valence-corrected chi connectivity index (χ4v) is 3.20. The molecule has 0 aliphatic heterocycles. The summed E-state index contributed by atoms with van der Waals surface area (Å²) < 4.78 is 5.53. The van der Waals surface area contributed by atoms with Crippen LogP contribution in [0.25, 0.3) is 0 Å². The third-order valence-electron chi connectivity index (χ3n) is 4.43. The number of methoxy groups -OCH3 is 1. The summed E-state index contributed by atoms with van der Waals surface area (Å²) in [6, 6.07) is 8.86. The van der Waals surface area contributed by atoms with Gasteiger partial charge in [-0.2, -0.15) is 0 Å². The average molecular weight is 292 g/mol. The predicted octanol–water partition coefficient (Wildman–Crippen LogP) is 2.32. The third-order valence-corrected chi connectivity index (χ3v) is 4.43. The van der Waals surface area contributed by atoms with Crippen LogP contribution in [0, 0.1) is 0 Å². The normalized spacial score (nSPS) is 18.3. The van der Waals surface area contributed by atoms with Crippen molar-refractivity contribution in [1.29, 1.82) is 0 Å². The van der Waals surface area contributed by atoms with Gasteiger partial charge in [0, 0.05) is 30.8 Å². The molecule has 0 amide bonds. The van der Waals surface area contributed by atoms with Crippen LogP contribution in [0.15, 0.2) is 24.3 Å². The zero-order valence-electron chi connectivity index (χ0n) is 13.2. The van der Waals surface area contributed by atoms with Crippen molar-refractivity contribution in [3.8, 4) is 5.75 Å². The topological polar surface area (TPSA) is 58.7 Å². The van der Waals surface area contributed by atoms with Crippen molar-refractivity contribution in [3.05, 3.63) is 29.8 Å². The molecule has 21 heavy (non-hydrogen) atoms. The predicted molar refractivity (Wildman–Crippen MR) is 85.4 cm³/mol. The third kappa shape index (κ3) is 3.76. The van der Waals surface area contributed by atoms with E-state index in [0.717, 1.165) is 24.3 Å². The van der Waals surface area contributed by atoms with Crippen LogP contribution in [-0.2, 0) is 0 Å². The second-order valence-corrected chi connectivity index (χ2v) is 5.95. The van der Waals surface area contributed by atoms with E-state index < -0.39 is 0 Å². The maximum absolute atomic E-state index is 9.20. The highest BCUT2D eigenvalue weighted by atomic mass is 16.5. The molecule has 2 atom stereocenters.